The van der Waals surface area contributed by atoms with Gasteiger partial charge in [-0.25, -0.2) is 0 Å². The van der Waals surface area contributed by atoms with Crippen molar-refractivity contribution >= 4 is 29.1 Å². The Morgan fingerprint density at radius 3 is 2.67 bits per heavy atom. The van der Waals surface area contributed by atoms with Crippen LogP contribution in [-0.4, -0.2) is 24.2 Å². The van der Waals surface area contributed by atoms with Gasteiger partial charge in [0, 0.05) is 13.0 Å². The molecule has 1 aromatic rings. The molecular weight excluding hydrogens is 273 g/mol. The molecule has 0 aliphatic rings. The van der Waals surface area contributed by atoms with E-state index >= 15 is 0 Å². The number of hydrogen-bond donors (Lipinski definition) is 2. The van der Waals surface area contributed by atoms with E-state index in [1.54, 1.807) is 6.07 Å². The Labute approximate surface area is 117 Å². The maximum atomic E-state index is 11.3. The molecule has 0 saturated carbocycles. The SMILES string of the molecule is O=C(CCCCc1ccc(Cl)c(Cl)c1)NCCO. The molecule has 0 heterocycles. The predicted octanol–water partition coefficient (Wildman–Crippen LogP) is 2.81. The van der Waals surface area contributed by atoms with E-state index in [1.807, 2.05) is 12.1 Å². The number of unbranched alkanes of at least 4 members (excludes halogenated alkanes) is 1. The fraction of sp³-hybridized carbons (Fsp3) is 0.462. The van der Waals surface area contributed by atoms with Crippen molar-refractivity contribution in [1.82, 2.24) is 5.32 Å². The highest BCUT2D eigenvalue weighted by atomic mass is 35.5. The Hall–Kier alpha value is -0.770. The lowest BCUT2D eigenvalue weighted by Crippen LogP contribution is -2.25. The van der Waals surface area contributed by atoms with Crippen LogP contribution in [-0.2, 0) is 11.2 Å². The van der Waals surface area contributed by atoms with Gasteiger partial charge < -0.3 is 10.4 Å². The van der Waals surface area contributed by atoms with E-state index in [-0.39, 0.29) is 12.5 Å². The van der Waals surface area contributed by atoms with E-state index < -0.39 is 0 Å². The molecule has 18 heavy (non-hydrogen) atoms. The molecule has 0 aliphatic carbocycles. The first-order valence-corrected chi connectivity index (χ1v) is 6.70. The monoisotopic (exact) mass is 289 g/mol. The minimum absolute atomic E-state index is 0.0156. The summed E-state index contributed by atoms with van der Waals surface area (Å²) < 4.78 is 0. The summed E-state index contributed by atoms with van der Waals surface area (Å²) in [6, 6.07) is 5.59. The number of amides is 1. The summed E-state index contributed by atoms with van der Waals surface area (Å²) in [6.07, 6.45) is 3.10. The zero-order valence-corrected chi connectivity index (χ0v) is 11.6. The van der Waals surface area contributed by atoms with Gasteiger partial charge in [0.25, 0.3) is 0 Å². The average molecular weight is 290 g/mol. The van der Waals surface area contributed by atoms with Crippen LogP contribution in [0.5, 0.6) is 0 Å². The molecule has 1 aromatic carbocycles. The smallest absolute Gasteiger partial charge is 0.220 e. The van der Waals surface area contributed by atoms with Crippen LogP contribution in [0.25, 0.3) is 0 Å². The van der Waals surface area contributed by atoms with E-state index in [0.717, 1.165) is 24.8 Å². The Balaban J connectivity index is 2.21. The van der Waals surface area contributed by atoms with Gasteiger partial charge in [-0.05, 0) is 37.0 Å². The number of aliphatic hydroxyl groups excluding tert-OH is 1. The van der Waals surface area contributed by atoms with Gasteiger partial charge in [0.1, 0.15) is 0 Å². The van der Waals surface area contributed by atoms with Crippen LogP contribution in [0.2, 0.25) is 10.0 Å². The molecule has 0 aliphatic heterocycles. The van der Waals surface area contributed by atoms with Gasteiger partial charge in [0.05, 0.1) is 16.7 Å². The molecule has 5 heteroatoms. The van der Waals surface area contributed by atoms with Crippen molar-refractivity contribution in [2.75, 3.05) is 13.2 Å². The summed E-state index contributed by atoms with van der Waals surface area (Å²) in [5, 5.41) is 12.3. The molecule has 1 amide bonds. The molecule has 0 spiro atoms. The highest BCUT2D eigenvalue weighted by Crippen LogP contribution is 2.23. The second-order valence-corrected chi connectivity index (χ2v) is 4.84. The van der Waals surface area contributed by atoms with Crippen LogP contribution in [0.15, 0.2) is 18.2 Å². The van der Waals surface area contributed by atoms with Crippen LogP contribution in [0, 0.1) is 0 Å². The lowest BCUT2D eigenvalue weighted by Gasteiger charge is -2.04. The molecule has 100 valence electrons. The average Bonchev–Trinajstić information content (AvgIpc) is 2.36. The Bertz CT molecular complexity index is 397. The standard InChI is InChI=1S/C13H17Cl2NO2/c14-11-6-5-10(9-12(11)15)3-1-2-4-13(18)16-7-8-17/h5-6,9,17H,1-4,7-8H2,(H,16,18). The number of aliphatic hydroxyl groups is 1. The van der Waals surface area contributed by atoms with Gasteiger partial charge in [-0.15, -0.1) is 0 Å². The Kier molecular flexibility index (Phi) is 7.09. The molecule has 0 bridgehead atoms. The maximum Gasteiger partial charge on any atom is 0.220 e. The fourth-order valence-corrected chi connectivity index (χ4v) is 1.91. The lowest BCUT2D eigenvalue weighted by molar-refractivity contribution is -0.121. The third-order valence-corrected chi connectivity index (χ3v) is 3.28. The number of benzene rings is 1. The molecule has 3 nitrogen and oxygen atoms in total. The number of nitrogens with one attached hydrogen (secondary N) is 1. The van der Waals surface area contributed by atoms with E-state index in [4.69, 9.17) is 28.3 Å². The maximum absolute atomic E-state index is 11.3. The highest BCUT2D eigenvalue weighted by Gasteiger charge is 2.02. The first-order valence-electron chi connectivity index (χ1n) is 5.95. The third kappa shape index (κ3) is 5.71. The van der Waals surface area contributed by atoms with Crippen LogP contribution in [0.3, 0.4) is 0 Å². The second kappa shape index (κ2) is 8.35. The molecule has 0 fully saturated rings. The van der Waals surface area contributed by atoms with Gasteiger partial charge in [-0.1, -0.05) is 29.3 Å². The van der Waals surface area contributed by atoms with Crippen LogP contribution < -0.4 is 5.32 Å². The molecule has 2 N–H and O–H groups in total. The normalized spacial score (nSPS) is 10.4. The van der Waals surface area contributed by atoms with Gasteiger partial charge in [0.2, 0.25) is 5.91 Å². The summed E-state index contributed by atoms with van der Waals surface area (Å²) in [5.41, 5.74) is 1.13. The van der Waals surface area contributed by atoms with Crippen molar-refractivity contribution < 1.29 is 9.90 Å². The van der Waals surface area contributed by atoms with Crippen LogP contribution in [0.4, 0.5) is 0 Å². The molecule has 0 radical (unpaired) electrons. The van der Waals surface area contributed by atoms with Crippen LogP contribution in [0.1, 0.15) is 24.8 Å². The predicted molar refractivity (Wildman–Crippen MR) is 74.1 cm³/mol. The zero-order valence-electron chi connectivity index (χ0n) is 10.1. The minimum atomic E-state index is -0.0188. The summed E-state index contributed by atoms with van der Waals surface area (Å²) in [4.78, 5) is 11.3. The molecular formula is C13H17Cl2NO2. The van der Waals surface area contributed by atoms with Crippen molar-refractivity contribution in [3.63, 3.8) is 0 Å². The largest absolute Gasteiger partial charge is 0.395 e. The summed E-state index contributed by atoms with van der Waals surface area (Å²) in [5.74, 6) is -0.0156. The topological polar surface area (TPSA) is 49.3 Å². The minimum Gasteiger partial charge on any atom is -0.395 e. The van der Waals surface area contributed by atoms with E-state index in [1.165, 1.54) is 0 Å². The van der Waals surface area contributed by atoms with Crippen molar-refractivity contribution in [3.05, 3.63) is 33.8 Å². The van der Waals surface area contributed by atoms with Crippen molar-refractivity contribution in [1.29, 1.82) is 0 Å². The third-order valence-electron chi connectivity index (χ3n) is 2.54. The van der Waals surface area contributed by atoms with Crippen molar-refractivity contribution in [2.24, 2.45) is 0 Å². The van der Waals surface area contributed by atoms with Gasteiger partial charge in [-0.2, -0.15) is 0 Å². The first kappa shape index (κ1) is 15.3. The quantitative estimate of drug-likeness (QED) is 0.759. The van der Waals surface area contributed by atoms with E-state index in [0.29, 0.717) is 23.0 Å². The van der Waals surface area contributed by atoms with Gasteiger partial charge >= 0.3 is 0 Å². The Morgan fingerprint density at radius 2 is 2.00 bits per heavy atom. The van der Waals surface area contributed by atoms with E-state index in [2.05, 4.69) is 5.32 Å². The summed E-state index contributed by atoms with van der Waals surface area (Å²) in [7, 11) is 0. The van der Waals surface area contributed by atoms with Crippen LogP contribution >= 0.6 is 23.2 Å². The Morgan fingerprint density at radius 1 is 1.22 bits per heavy atom. The van der Waals surface area contributed by atoms with Crippen molar-refractivity contribution in [3.8, 4) is 0 Å². The molecule has 0 aromatic heterocycles. The van der Waals surface area contributed by atoms with Gasteiger partial charge in [0.15, 0.2) is 0 Å². The van der Waals surface area contributed by atoms with E-state index in [9.17, 15) is 4.79 Å². The number of carbonyl (C=O) groups excluding carboxylic acids is 1. The number of aryl methyl sites for hydroxylation is 1. The van der Waals surface area contributed by atoms with Crippen molar-refractivity contribution in [2.45, 2.75) is 25.7 Å². The number of rotatable bonds is 7. The zero-order chi connectivity index (χ0) is 13.4. The molecule has 0 atom stereocenters. The molecule has 0 saturated heterocycles. The summed E-state index contributed by atoms with van der Waals surface area (Å²) in [6.45, 7) is 0.306. The lowest BCUT2D eigenvalue weighted by atomic mass is 10.1. The summed E-state index contributed by atoms with van der Waals surface area (Å²) >= 11 is 11.7. The molecule has 0 unspecified atom stereocenters. The number of carbonyl (C=O) groups is 1. The number of halogens is 2. The number of hydrogen-bond acceptors (Lipinski definition) is 2. The second-order valence-electron chi connectivity index (χ2n) is 4.03. The molecule has 1 rings (SSSR count). The fourth-order valence-electron chi connectivity index (χ4n) is 1.59. The highest BCUT2D eigenvalue weighted by molar-refractivity contribution is 6.42. The first-order chi connectivity index (χ1) is 8.63. The van der Waals surface area contributed by atoms with Gasteiger partial charge in [-0.3, -0.25) is 4.79 Å².